The molecule has 2 amide bonds. The van der Waals surface area contributed by atoms with Gasteiger partial charge in [-0.15, -0.1) is 0 Å². The second kappa shape index (κ2) is 14.1. The molecular formula is C32H41N3O4S. The molecule has 0 aromatic heterocycles. The zero-order chi connectivity index (χ0) is 29.3. The largest absolute Gasteiger partial charge is 0.352 e. The summed E-state index contributed by atoms with van der Waals surface area (Å²) in [6.45, 7) is 9.43. The Morgan fingerprint density at radius 2 is 1.43 bits per heavy atom. The number of para-hydroxylation sites is 1. The number of anilines is 1. The lowest BCUT2D eigenvalue weighted by molar-refractivity contribution is -0.140. The topological polar surface area (TPSA) is 86.8 Å². The van der Waals surface area contributed by atoms with Crippen LogP contribution in [0.15, 0.2) is 83.8 Å². The zero-order valence-corrected chi connectivity index (χ0v) is 24.9. The Morgan fingerprint density at radius 1 is 0.825 bits per heavy atom. The summed E-state index contributed by atoms with van der Waals surface area (Å²) in [5.74, 6) is -0.690. The summed E-state index contributed by atoms with van der Waals surface area (Å²) in [5.41, 5.74) is 3.15. The molecule has 3 aromatic carbocycles. The van der Waals surface area contributed by atoms with Crippen LogP contribution >= 0.6 is 0 Å². The first kappa shape index (κ1) is 30.9. The fourth-order valence-corrected chi connectivity index (χ4v) is 6.09. The number of hydrogen-bond acceptors (Lipinski definition) is 4. The average molecular weight is 564 g/mol. The second-order valence-corrected chi connectivity index (χ2v) is 11.9. The van der Waals surface area contributed by atoms with Crippen molar-refractivity contribution in [1.29, 1.82) is 0 Å². The number of amides is 2. The average Bonchev–Trinajstić information content (AvgIpc) is 2.96. The standard InChI is InChI=1S/C32H41N3O4S/c1-6-25(5)33-32(37)29(8-3)34(22-27-18-13-12-16-24(27)4)31(36)23-35(30-21-15-14-17-26(30)7-2)40(38,39)28-19-10-9-11-20-28/h9-21,25,29H,6-8,22-23H2,1-5H3,(H,33,37)/t25-,29+/m1/s1. The summed E-state index contributed by atoms with van der Waals surface area (Å²) in [6, 6.07) is 22.3. The molecule has 214 valence electrons. The van der Waals surface area contributed by atoms with Crippen LogP contribution in [-0.4, -0.2) is 43.8 Å². The van der Waals surface area contributed by atoms with Gasteiger partial charge in [-0.05, 0) is 68.0 Å². The fraction of sp³-hybridized carbons (Fsp3) is 0.375. The molecule has 3 aromatic rings. The van der Waals surface area contributed by atoms with Crippen molar-refractivity contribution in [3.05, 3.63) is 95.6 Å². The highest BCUT2D eigenvalue weighted by molar-refractivity contribution is 7.92. The van der Waals surface area contributed by atoms with Gasteiger partial charge in [0.1, 0.15) is 12.6 Å². The number of benzene rings is 3. The second-order valence-electron chi connectivity index (χ2n) is 10.00. The van der Waals surface area contributed by atoms with Gasteiger partial charge < -0.3 is 10.2 Å². The molecule has 3 rings (SSSR count). The first-order chi connectivity index (χ1) is 19.1. The van der Waals surface area contributed by atoms with Crippen LogP contribution < -0.4 is 9.62 Å². The van der Waals surface area contributed by atoms with E-state index in [1.807, 2.05) is 71.0 Å². The van der Waals surface area contributed by atoms with E-state index in [2.05, 4.69) is 5.32 Å². The minimum Gasteiger partial charge on any atom is -0.352 e. The molecule has 0 aliphatic carbocycles. The van der Waals surface area contributed by atoms with E-state index in [4.69, 9.17) is 0 Å². The van der Waals surface area contributed by atoms with Crippen molar-refractivity contribution in [2.45, 2.75) is 77.4 Å². The molecule has 0 aliphatic rings. The number of nitrogens with zero attached hydrogens (tertiary/aromatic N) is 2. The fourth-order valence-electron chi connectivity index (χ4n) is 4.62. The minimum absolute atomic E-state index is 0.0525. The smallest absolute Gasteiger partial charge is 0.264 e. The Hall–Kier alpha value is -3.65. The van der Waals surface area contributed by atoms with Gasteiger partial charge in [0.15, 0.2) is 0 Å². The van der Waals surface area contributed by atoms with E-state index < -0.39 is 28.5 Å². The summed E-state index contributed by atoms with van der Waals surface area (Å²) in [6.07, 6.45) is 1.73. The van der Waals surface area contributed by atoms with E-state index in [1.54, 1.807) is 30.3 Å². The summed E-state index contributed by atoms with van der Waals surface area (Å²) >= 11 is 0. The van der Waals surface area contributed by atoms with Crippen LogP contribution in [0, 0.1) is 6.92 Å². The number of nitrogens with one attached hydrogen (secondary N) is 1. The molecule has 0 bridgehead atoms. The lowest BCUT2D eigenvalue weighted by Gasteiger charge is -2.34. The van der Waals surface area contributed by atoms with Crippen LogP contribution in [0.1, 0.15) is 57.2 Å². The highest BCUT2D eigenvalue weighted by Crippen LogP contribution is 2.28. The third-order valence-corrected chi connectivity index (χ3v) is 9.01. The first-order valence-electron chi connectivity index (χ1n) is 13.9. The summed E-state index contributed by atoms with van der Waals surface area (Å²) < 4.78 is 29.2. The van der Waals surface area contributed by atoms with Crippen molar-refractivity contribution >= 4 is 27.5 Å². The van der Waals surface area contributed by atoms with Crippen molar-refractivity contribution in [2.24, 2.45) is 0 Å². The Labute approximate surface area is 239 Å². The first-order valence-corrected chi connectivity index (χ1v) is 15.4. The highest BCUT2D eigenvalue weighted by atomic mass is 32.2. The quantitative estimate of drug-likeness (QED) is 0.299. The molecule has 0 spiro atoms. The van der Waals surface area contributed by atoms with E-state index in [1.165, 1.54) is 21.3 Å². The predicted molar refractivity (Wildman–Crippen MR) is 160 cm³/mol. The SMILES string of the molecule is CCc1ccccc1N(CC(=O)N(Cc1ccccc1C)[C@@H](CC)C(=O)N[C@H](C)CC)S(=O)(=O)c1ccccc1. The summed E-state index contributed by atoms with van der Waals surface area (Å²) in [4.78, 5) is 29.3. The van der Waals surface area contributed by atoms with Crippen molar-refractivity contribution in [3.63, 3.8) is 0 Å². The number of carbonyl (C=O) groups is 2. The Bertz CT molecular complexity index is 1390. The number of carbonyl (C=O) groups excluding carboxylic acids is 2. The van der Waals surface area contributed by atoms with E-state index in [0.717, 1.165) is 23.1 Å². The molecule has 0 aliphatic heterocycles. The molecule has 1 N–H and O–H groups in total. The molecule has 0 unspecified atom stereocenters. The van der Waals surface area contributed by atoms with Crippen LogP contribution in [0.2, 0.25) is 0 Å². The normalized spacial score (nSPS) is 12.8. The Morgan fingerprint density at radius 3 is 2.02 bits per heavy atom. The lowest BCUT2D eigenvalue weighted by atomic mass is 10.1. The molecule has 7 nitrogen and oxygen atoms in total. The monoisotopic (exact) mass is 563 g/mol. The maximum absolute atomic E-state index is 14.2. The van der Waals surface area contributed by atoms with E-state index in [0.29, 0.717) is 18.5 Å². The Balaban J connectivity index is 2.10. The van der Waals surface area contributed by atoms with Gasteiger partial charge in [-0.2, -0.15) is 0 Å². The van der Waals surface area contributed by atoms with E-state index in [-0.39, 0.29) is 23.4 Å². The van der Waals surface area contributed by atoms with Gasteiger partial charge in [0.2, 0.25) is 11.8 Å². The molecule has 0 radical (unpaired) electrons. The van der Waals surface area contributed by atoms with Crippen molar-refractivity contribution in [1.82, 2.24) is 10.2 Å². The van der Waals surface area contributed by atoms with Crippen LogP contribution in [0.25, 0.3) is 0 Å². The maximum atomic E-state index is 14.2. The third kappa shape index (κ3) is 7.30. The zero-order valence-electron chi connectivity index (χ0n) is 24.1. The molecule has 0 saturated carbocycles. The van der Waals surface area contributed by atoms with Crippen molar-refractivity contribution in [2.75, 3.05) is 10.8 Å². The van der Waals surface area contributed by atoms with Gasteiger partial charge in [0.05, 0.1) is 10.6 Å². The van der Waals surface area contributed by atoms with E-state index in [9.17, 15) is 18.0 Å². The molecule has 0 saturated heterocycles. The molecule has 0 fully saturated rings. The van der Waals surface area contributed by atoms with Gasteiger partial charge in [0, 0.05) is 12.6 Å². The molecule has 8 heteroatoms. The van der Waals surface area contributed by atoms with Gasteiger partial charge >= 0.3 is 0 Å². The van der Waals surface area contributed by atoms with Gasteiger partial charge in [-0.25, -0.2) is 8.42 Å². The molecule has 0 heterocycles. The maximum Gasteiger partial charge on any atom is 0.264 e. The highest BCUT2D eigenvalue weighted by Gasteiger charge is 2.34. The van der Waals surface area contributed by atoms with Crippen molar-refractivity contribution < 1.29 is 18.0 Å². The van der Waals surface area contributed by atoms with Gasteiger partial charge in [-0.3, -0.25) is 13.9 Å². The van der Waals surface area contributed by atoms with Gasteiger partial charge in [-0.1, -0.05) is 81.4 Å². The Kier molecular flexibility index (Phi) is 10.9. The summed E-state index contributed by atoms with van der Waals surface area (Å²) in [5, 5.41) is 3.01. The molecule has 40 heavy (non-hydrogen) atoms. The summed E-state index contributed by atoms with van der Waals surface area (Å²) in [7, 11) is -4.09. The predicted octanol–water partition coefficient (Wildman–Crippen LogP) is 5.47. The van der Waals surface area contributed by atoms with E-state index >= 15 is 0 Å². The lowest BCUT2D eigenvalue weighted by Crippen LogP contribution is -2.53. The van der Waals surface area contributed by atoms with Crippen LogP contribution in [0.5, 0.6) is 0 Å². The van der Waals surface area contributed by atoms with Crippen LogP contribution in [0.4, 0.5) is 5.69 Å². The number of rotatable bonds is 13. The third-order valence-electron chi connectivity index (χ3n) is 7.24. The molecule has 2 atom stereocenters. The van der Waals surface area contributed by atoms with Crippen LogP contribution in [-0.2, 0) is 32.6 Å². The number of sulfonamides is 1. The van der Waals surface area contributed by atoms with Crippen LogP contribution in [0.3, 0.4) is 0 Å². The van der Waals surface area contributed by atoms with Crippen molar-refractivity contribution in [3.8, 4) is 0 Å². The van der Waals surface area contributed by atoms with Gasteiger partial charge in [0.25, 0.3) is 10.0 Å². The number of hydrogen-bond donors (Lipinski definition) is 1. The molecular weight excluding hydrogens is 522 g/mol. The minimum atomic E-state index is -4.09. The number of aryl methyl sites for hydroxylation is 2.